The van der Waals surface area contributed by atoms with Gasteiger partial charge < -0.3 is 5.32 Å². The summed E-state index contributed by atoms with van der Waals surface area (Å²) in [6.45, 7) is 4.62. The van der Waals surface area contributed by atoms with E-state index in [4.69, 9.17) is 0 Å². The molecule has 2 atom stereocenters. The number of carbonyl (C=O) groups is 1. The van der Waals surface area contributed by atoms with Crippen molar-refractivity contribution in [3.8, 4) is 0 Å². The summed E-state index contributed by atoms with van der Waals surface area (Å²) in [5, 5.41) is 3.30. The normalized spacial score (nSPS) is 27.9. The van der Waals surface area contributed by atoms with Crippen molar-refractivity contribution in [2.45, 2.75) is 38.3 Å². The van der Waals surface area contributed by atoms with Crippen molar-refractivity contribution in [2.75, 3.05) is 13.1 Å². The summed E-state index contributed by atoms with van der Waals surface area (Å²) in [6, 6.07) is 19.2. The zero-order valence-corrected chi connectivity index (χ0v) is 14.8. The third-order valence-electron chi connectivity index (χ3n) is 5.94. The van der Waals surface area contributed by atoms with Crippen LogP contribution in [-0.4, -0.2) is 36.0 Å². The molecule has 2 bridgehead atoms. The molecule has 2 aromatic rings. The van der Waals surface area contributed by atoms with E-state index >= 15 is 0 Å². The van der Waals surface area contributed by atoms with E-state index in [1.54, 1.807) is 0 Å². The van der Waals surface area contributed by atoms with E-state index in [-0.39, 0.29) is 5.91 Å². The van der Waals surface area contributed by atoms with Crippen molar-refractivity contribution in [1.29, 1.82) is 0 Å². The van der Waals surface area contributed by atoms with Crippen molar-refractivity contribution >= 4 is 5.91 Å². The van der Waals surface area contributed by atoms with Crippen molar-refractivity contribution in [3.05, 3.63) is 71.3 Å². The number of nitrogens with one attached hydrogen (secondary N) is 1. The molecule has 130 valence electrons. The maximum absolute atomic E-state index is 12.7. The summed E-state index contributed by atoms with van der Waals surface area (Å²) in [4.78, 5) is 15.2. The van der Waals surface area contributed by atoms with Gasteiger partial charge in [-0.25, -0.2) is 0 Å². The van der Waals surface area contributed by atoms with Crippen LogP contribution in [0, 0.1) is 5.92 Å². The second-order valence-electron chi connectivity index (χ2n) is 7.47. The van der Waals surface area contributed by atoms with Gasteiger partial charge in [0.25, 0.3) is 5.91 Å². The molecule has 0 spiro atoms. The topological polar surface area (TPSA) is 32.3 Å². The lowest BCUT2D eigenvalue weighted by Gasteiger charge is -2.49. The third-order valence-corrected chi connectivity index (χ3v) is 5.94. The zero-order chi connectivity index (χ0) is 17.2. The maximum atomic E-state index is 12.7. The van der Waals surface area contributed by atoms with E-state index in [0.717, 1.165) is 12.0 Å². The highest BCUT2D eigenvalue weighted by atomic mass is 16.1. The standard InChI is InChI=1S/C22H26N2O/c1-16-21(19-11-13-24(16)14-12-19)23-22(25)20-9-7-18(8-10-20)15-17-5-3-2-4-6-17/h2-10,16,19,21H,11-15H2,1H3,(H,23,25)/t16-,21-/m0/s1. The first kappa shape index (κ1) is 16.3. The first-order valence-corrected chi connectivity index (χ1v) is 9.38. The van der Waals surface area contributed by atoms with Crippen LogP contribution in [0.4, 0.5) is 0 Å². The molecule has 2 aromatic carbocycles. The summed E-state index contributed by atoms with van der Waals surface area (Å²) < 4.78 is 0. The Morgan fingerprint density at radius 3 is 2.28 bits per heavy atom. The first-order valence-electron chi connectivity index (χ1n) is 9.38. The van der Waals surface area contributed by atoms with Crippen LogP contribution in [0.5, 0.6) is 0 Å². The van der Waals surface area contributed by atoms with Gasteiger partial charge in [0.15, 0.2) is 0 Å². The Morgan fingerprint density at radius 2 is 1.64 bits per heavy atom. The van der Waals surface area contributed by atoms with Crippen molar-refractivity contribution in [3.63, 3.8) is 0 Å². The fourth-order valence-electron chi connectivity index (χ4n) is 4.39. The predicted octanol–water partition coefficient (Wildman–Crippen LogP) is 3.49. The van der Waals surface area contributed by atoms with Crippen LogP contribution in [0.1, 0.15) is 41.3 Å². The number of carbonyl (C=O) groups excluding carboxylic acids is 1. The zero-order valence-electron chi connectivity index (χ0n) is 14.8. The van der Waals surface area contributed by atoms with Gasteiger partial charge in [0.2, 0.25) is 0 Å². The lowest BCUT2D eigenvalue weighted by molar-refractivity contribution is 0.0217. The number of piperidine rings is 3. The molecule has 3 aliphatic rings. The summed E-state index contributed by atoms with van der Waals surface area (Å²) in [7, 11) is 0. The summed E-state index contributed by atoms with van der Waals surface area (Å²) in [5.41, 5.74) is 3.29. The highest BCUT2D eigenvalue weighted by Gasteiger charge is 2.40. The smallest absolute Gasteiger partial charge is 0.251 e. The molecule has 1 amide bonds. The van der Waals surface area contributed by atoms with E-state index < -0.39 is 0 Å². The number of amides is 1. The summed E-state index contributed by atoms with van der Waals surface area (Å²) in [6.07, 6.45) is 3.33. The molecule has 0 aromatic heterocycles. The van der Waals surface area contributed by atoms with E-state index in [0.29, 0.717) is 18.0 Å². The number of fused-ring (bicyclic) bond motifs is 3. The van der Waals surface area contributed by atoms with Crippen LogP contribution in [0.3, 0.4) is 0 Å². The molecule has 3 fully saturated rings. The Hall–Kier alpha value is -2.13. The molecule has 3 nitrogen and oxygen atoms in total. The first-order chi connectivity index (χ1) is 12.2. The van der Waals surface area contributed by atoms with Crippen LogP contribution >= 0.6 is 0 Å². The predicted molar refractivity (Wildman–Crippen MR) is 101 cm³/mol. The quantitative estimate of drug-likeness (QED) is 0.928. The van der Waals surface area contributed by atoms with Crippen LogP contribution in [-0.2, 0) is 6.42 Å². The van der Waals surface area contributed by atoms with E-state index in [1.165, 1.54) is 37.1 Å². The van der Waals surface area contributed by atoms with Crippen molar-refractivity contribution < 1.29 is 4.79 Å². The van der Waals surface area contributed by atoms with Gasteiger partial charge >= 0.3 is 0 Å². The molecule has 1 N–H and O–H groups in total. The average Bonchev–Trinajstić information content (AvgIpc) is 2.66. The van der Waals surface area contributed by atoms with Crippen molar-refractivity contribution in [2.24, 2.45) is 5.92 Å². The fraction of sp³-hybridized carbons (Fsp3) is 0.409. The largest absolute Gasteiger partial charge is 0.347 e. The minimum absolute atomic E-state index is 0.0665. The van der Waals surface area contributed by atoms with Crippen LogP contribution in [0.2, 0.25) is 0 Å². The molecule has 25 heavy (non-hydrogen) atoms. The second-order valence-corrected chi connectivity index (χ2v) is 7.47. The number of rotatable bonds is 4. The average molecular weight is 334 g/mol. The van der Waals surface area contributed by atoms with Gasteiger partial charge in [-0.1, -0.05) is 42.5 Å². The van der Waals surface area contributed by atoms with Crippen LogP contribution in [0.25, 0.3) is 0 Å². The van der Waals surface area contributed by atoms with Gasteiger partial charge in [0.1, 0.15) is 0 Å². The van der Waals surface area contributed by atoms with Gasteiger partial charge in [-0.2, -0.15) is 0 Å². The minimum Gasteiger partial charge on any atom is -0.347 e. The van der Waals surface area contributed by atoms with Gasteiger partial charge in [0.05, 0.1) is 0 Å². The Labute approximate surface area is 150 Å². The van der Waals surface area contributed by atoms with E-state index in [9.17, 15) is 4.79 Å². The number of benzene rings is 2. The molecule has 0 radical (unpaired) electrons. The summed E-state index contributed by atoms with van der Waals surface area (Å²) >= 11 is 0. The molecular weight excluding hydrogens is 308 g/mol. The highest BCUT2D eigenvalue weighted by Crippen LogP contribution is 2.32. The van der Waals surface area contributed by atoms with Gasteiger partial charge in [0, 0.05) is 17.6 Å². The Balaban J connectivity index is 1.41. The molecule has 3 heterocycles. The number of hydrogen-bond acceptors (Lipinski definition) is 2. The Morgan fingerprint density at radius 1 is 1.00 bits per heavy atom. The van der Waals surface area contributed by atoms with Gasteiger partial charge in [-0.15, -0.1) is 0 Å². The molecular formula is C22H26N2O. The van der Waals surface area contributed by atoms with Gasteiger partial charge in [-0.3, -0.25) is 9.69 Å². The molecule has 0 unspecified atom stereocenters. The molecule has 3 saturated heterocycles. The number of hydrogen-bond donors (Lipinski definition) is 1. The molecule has 5 rings (SSSR count). The summed E-state index contributed by atoms with van der Waals surface area (Å²) in [5.74, 6) is 0.707. The molecule has 0 saturated carbocycles. The Bertz CT molecular complexity index is 715. The van der Waals surface area contributed by atoms with Crippen LogP contribution < -0.4 is 5.32 Å². The molecule has 3 aliphatic heterocycles. The minimum atomic E-state index is 0.0665. The molecule has 3 heteroatoms. The fourth-order valence-corrected chi connectivity index (χ4v) is 4.39. The maximum Gasteiger partial charge on any atom is 0.251 e. The number of nitrogens with zero attached hydrogens (tertiary/aromatic N) is 1. The van der Waals surface area contributed by atoms with E-state index in [1.807, 2.05) is 18.2 Å². The van der Waals surface area contributed by atoms with Crippen LogP contribution in [0.15, 0.2) is 54.6 Å². The van der Waals surface area contributed by atoms with Gasteiger partial charge in [-0.05, 0) is 68.5 Å². The second kappa shape index (κ2) is 7.01. The monoisotopic (exact) mass is 334 g/mol. The lowest BCUT2D eigenvalue weighted by atomic mass is 9.79. The highest BCUT2D eigenvalue weighted by molar-refractivity contribution is 5.94. The van der Waals surface area contributed by atoms with E-state index in [2.05, 4.69) is 53.5 Å². The molecule has 0 aliphatic carbocycles. The Kier molecular flexibility index (Phi) is 4.58. The van der Waals surface area contributed by atoms with Crippen molar-refractivity contribution in [1.82, 2.24) is 10.2 Å². The SMILES string of the molecule is C[C@H]1[C@H](NC(=O)c2ccc(Cc3ccccc3)cc2)C2CCN1CC2. The third kappa shape index (κ3) is 3.47. The lowest BCUT2D eigenvalue weighted by Crippen LogP contribution is -2.62.